The fourth-order valence-corrected chi connectivity index (χ4v) is 3.82. The highest BCUT2D eigenvalue weighted by Crippen LogP contribution is 2.13. The van der Waals surface area contributed by atoms with Gasteiger partial charge in [-0.1, -0.05) is 70.8 Å². The van der Waals surface area contributed by atoms with Gasteiger partial charge >= 0.3 is 0 Å². The van der Waals surface area contributed by atoms with Crippen molar-refractivity contribution in [3.05, 3.63) is 30.1 Å². The highest BCUT2D eigenvalue weighted by Gasteiger charge is 1.95. The van der Waals surface area contributed by atoms with Crippen molar-refractivity contribution < 1.29 is 0 Å². The molecule has 0 saturated heterocycles. The topological polar surface area (TPSA) is 12.9 Å². The third-order valence-electron chi connectivity index (χ3n) is 4.33. The van der Waals surface area contributed by atoms with Crippen molar-refractivity contribution in [1.29, 1.82) is 0 Å². The zero-order chi connectivity index (χ0) is 16.4. The van der Waals surface area contributed by atoms with E-state index in [0.717, 1.165) is 0 Å². The number of thioether (sulfide) groups is 1. The summed E-state index contributed by atoms with van der Waals surface area (Å²) in [5.74, 6) is 2.73. The first-order valence-electron chi connectivity index (χ1n) is 9.90. The number of nitrogens with zero attached hydrogens (tertiary/aromatic N) is 1. The lowest BCUT2D eigenvalue weighted by Gasteiger charge is -2.03. The summed E-state index contributed by atoms with van der Waals surface area (Å²) in [6.07, 6.45) is 22.1. The van der Waals surface area contributed by atoms with E-state index in [2.05, 4.69) is 29.7 Å². The minimum absolute atomic E-state index is 1.20. The second-order valence-corrected chi connectivity index (χ2v) is 7.84. The van der Waals surface area contributed by atoms with E-state index in [1.54, 1.807) is 0 Å². The van der Waals surface area contributed by atoms with Crippen molar-refractivity contribution in [2.45, 2.75) is 90.4 Å². The molecule has 0 saturated carbocycles. The zero-order valence-corrected chi connectivity index (χ0v) is 16.1. The van der Waals surface area contributed by atoms with E-state index in [0.29, 0.717) is 0 Å². The maximum Gasteiger partial charge on any atom is 0.0299 e. The van der Waals surface area contributed by atoms with Crippen molar-refractivity contribution in [3.63, 3.8) is 0 Å². The molecule has 0 aliphatic heterocycles. The molecule has 0 amide bonds. The average molecular weight is 336 g/mol. The number of hydrogen-bond donors (Lipinski definition) is 0. The van der Waals surface area contributed by atoms with Gasteiger partial charge in [0.15, 0.2) is 0 Å². The van der Waals surface area contributed by atoms with Crippen molar-refractivity contribution >= 4 is 11.8 Å². The Bertz CT molecular complexity index is 339. The van der Waals surface area contributed by atoms with Gasteiger partial charge in [-0.2, -0.15) is 11.8 Å². The van der Waals surface area contributed by atoms with E-state index in [1.165, 1.54) is 101 Å². The summed E-state index contributed by atoms with van der Waals surface area (Å²) in [6.45, 7) is 2.27. The van der Waals surface area contributed by atoms with E-state index in [4.69, 9.17) is 0 Å². The summed E-state index contributed by atoms with van der Waals surface area (Å²) in [5, 5.41) is 0. The van der Waals surface area contributed by atoms with E-state index < -0.39 is 0 Å². The van der Waals surface area contributed by atoms with Crippen LogP contribution >= 0.6 is 11.8 Å². The van der Waals surface area contributed by atoms with Crippen molar-refractivity contribution in [1.82, 2.24) is 4.98 Å². The Morgan fingerprint density at radius 1 is 0.783 bits per heavy atom. The maximum absolute atomic E-state index is 4.17. The minimum atomic E-state index is 1.20. The molecule has 1 nitrogen and oxygen atoms in total. The number of rotatable bonds is 16. The fraction of sp³-hybridized carbons (Fsp3) is 0.762. The van der Waals surface area contributed by atoms with Crippen LogP contribution in [-0.2, 0) is 6.42 Å². The predicted molar refractivity (Wildman–Crippen MR) is 106 cm³/mol. The van der Waals surface area contributed by atoms with Gasteiger partial charge in [-0.05, 0) is 48.8 Å². The molecule has 1 rings (SSSR count). The first-order valence-corrected chi connectivity index (χ1v) is 11.1. The molecule has 0 aliphatic rings. The molecule has 0 aromatic carbocycles. The minimum Gasteiger partial charge on any atom is -0.264 e. The van der Waals surface area contributed by atoms with Crippen LogP contribution in [0.1, 0.15) is 89.5 Å². The summed E-state index contributed by atoms with van der Waals surface area (Å²) in [4.78, 5) is 4.17. The molecule has 0 bridgehead atoms. The first kappa shape index (κ1) is 20.5. The predicted octanol–water partition coefficient (Wildman–Crippen LogP) is 7.06. The van der Waals surface area contributed by atoms with Crippen LogP contribution in [0.5, 0.6) is 0 Å². The van der Waals surface area contributed by atoms with E-state index in [9.17, 15) is 0 Å². The van der Waals surface area contributed by atoms with Crippen molar-refractivity contribution in [3.8, 4) is 0 Å². The number of aromatic nitrogens is 1. The standard InChI is InChI=1S/C21H37NS/c1-2-18-23-19-13-11-9-7-5-3-4-6-8-10-12-15-21-16-14-17-22-20-21/h14,16-17,20H,2-13,15,18-19H2,1H3. The maximum atomic E-state index is 4.17. The SMILES string of the molecule is CCCSCCCCCCCCCCCCCc1cccnc1. The monoisotopic (exact) mass is 335 g/mol. The van der Waals surface area contributed by atoms with Gasteiger partial charge in [0.25, 0.3) is 0 Å². The Morgan fingerprint density at radius 2 is 1.39 bits per heavy atom. The molecular formula is C21H37NS. The molecule has 132 valence electrons. The lowest BCUT2D eigenvalue weighted by molar-refractivity contribution is 0.550. The van der Waals surface area contributed by atoms with Gasteiger partial charge in [0.1, 0.15) is 0 Å². The van der Waals surface area contributed by atoms with E-state index in [1.807, 2.05) is 18.5 Å². The molecule has 1 aromatic rings. The van der Waals surface area contributed by atoms with E-state index in [-0.39, 0.29) is 0 Å². The summed E-state index contributed by atoms with van der Waals surface area (Å²) in [5.41, 5.74) is 1.39. The largest absolute Gasteiger partial charge is 0.264 e. The highest BCUT2D eigenvalue weighted by molar-refractivity contribution is 7.99. The molecule has 1 aromatic heterocycles. The molecule has 0 unspecified atom stereocenters. The van der Waals surface area contributed by atoms with Crippen molar-refractivity contribution in [2.75, 3.05) is 11.5 Å². The Morgan fingerprint density at radius 3 is 1.96 bits per heavy atom. The Balaban J connectivity index is 1.72. The smallest absolute Gasteiger partial charge is 0.0299 e. The van der Waals surface area contributed by atoms with Gasteiger partial charge in [-0.15, -0.1) is 0 Å². The Hall–Kier alpha value is -0.500. The molecule has 0 spiro atoms. The van der Waals surface area contributed by atoms with Crippen LogP contribution in [-0.4, -0.2) is 16.5 Å². The number of hydrogen-bond acceptors (Lipinski definition) is 2. The summed E-state index contributed by atoms with van der Waals surface area (Å²) < 4.78 is 0. The molecule has 0 N–H and O–H groups in total. The summed E-state index contributed by atoms with van der Waals surface area (Å²) >= 11 is 2.13. The van der Waals surface area contributed by atoms with Crippen LogP contribution < -0.4 is 0 Å². The quantitative estimate of drug-likeness (QED) is 0.300. The fourth-order valence-electron chi connectivity index (χ4n) is 2.92. The lowest BCUT2D eigenvalue weighted by Crippen LogP contribution is -1.87. The second kappa shape index (κ2) is 16.4. The normalized spacial score (nSPS) is 11.0. The molecule has 2 heteroatoms. The first-order chi connectivity index (χ1) is 11.4. The molecule has 0 aliphatic carbocycles. The highest BCUT2D eigenvalue weighted by atomic mass is 32.2. The van der Waals surface area contributed by atoms with Crippen LogP contribution in [0.3, 0.4) is 0 Å². The van der Waals surface area contributed by atoms with Gasteiger partial charge in [-0.3, -0.25) is 4.98 Å². The lowest BCUT2D eigenvalue weighted by atomic mass is 10.0. The van der Waals surface area contributed by atoms with Crippen LogP contribution in [0.4, 0.5) is 0 Å². The van der Waals surface area contributed by atoms with Crippen LogP contribution in [0.2, 0.25) is 0 Å². The van der Waals surface area contributed by atoms with Crippen LogP contribution in [0.15, 0.2) is 24.5 Å². The van der Waals surface area contributed by atoms with Gasteiger partial charge in [0, 0.05) is 12.4 Å². The summed E-state index contributed by atoms with van der Waals surface area (Å²) in [7, 11) is 0. The third-order valence-corrected chi connectivity index (χ3v) is 5.60. The molecule has 0 fully saturated rings. The van der Waals surface area contributed by atoms with Gasteiger partial charge in [0.05, 0.1) is 0 Å². The van der Waals surface area contributed by atoms with Gasteiger partial charge in [-0.25, -0.2) is 0 Å². The number of pyridine rings is 1. The molecule has 1 heterocycles. The van der Waals surface area contributed by atoms with Crippen LogP contribution in [0, 0.1) is 0 Å². The zero-order valence-electron chi connectivity index (χ0n) is 15.3. The van der Waals surface area contributed by atoms with Gasteiger partial charge < -0.3 is 0 Å². The van der Waals surface area contributed by atoms with E-state index >= 15 is 0 Å². The second-order valence-electron chi connectivity index (χ2n) is 6.61. The average Bonchev–Trinajstić information content (AvgIpc) is 2.59. The third kappa shape index (κ3) is 13.6. The van der Waals surface area contributed by atoms with Crippen molar-refractivity contribution in [2.24, 2.45) is 0 Å². The number of aryl methyl sites for hydroxylation is 1. The molecule has 0 atom stereocenters. The Labute approximate surface area is 149 Å². The molecular weight excluding hydrogens is 298 g/mol. The van der Waals surface area contributed by atoms with Crippen LogP contribution in [0.25, 0.3) is 0 Å². The summed E-state index contributed by atoms with van der Waals surface area (Å²) in [6, 6.07) is 4.23. The van der Waals surface area contributed by atoms with Gasteiger partial charge in [0.2, 0.25) is 0 Å². The molecule has 0 radical (unpaired) electrons. The molecule has 23 heavy (non-hydrogen) atoms. The Kier molecular flexibility index (Phi) is 14.6. The number of unbranched alkanes of at least 4 members (excludes halogenated alkanes) is 10.